The quantitative estimate of drug-likeness (QED) is 0.654. The molecule has 1 aliphatic heterocycles. The number of rotatable bonds is 3. The van der Waals surface area contributed by atoms with Gasteiger partial charge in [0.1, 0.15) is 0 Å². The van der Waals surface area contributed by atoms with E-state index in [4.69, 9.17) is 9.84 Å². The highest BCUT2D eigenvalue weighted by Crippen LogP contribution is 2.18. The fraction of sp³-hybridized carbons (Fsp3) is 0.417. The van der Waals surface area contributed by atoms with E-state index in [2.05, 4.69) is 10.1 Å². The highest BCUT2D eigenvalue weighted by Gasteiger charge is 2.24. The molecule has 6 nitrogen and oxygen atoms in total. The molecule has 1 N–H and O–H groups in total. The molecule has 0 saturated carbocycles. The van der Waals surface area contributed by atoms with Gasteiger partial charge in [-0.1, -0.05) is 0 Å². The molecule has 0 amide bonds. The SMILES string of the molecule is O=C(O)OC1CCCCN1/N=C/c1ccncc1. The van der Waals surface area contributed by atoms with Crippen LogP contribution in [0.15, 0.2) is 29.6 Å². The number of pyridine rings is 1. The number of ether oxygens (including phenoxy) is 1. The molecule has 0 aromatic carbocycles. The zero-order valence-electron chi connectivity index (χ0n) is 9.90. The first kappa shape index (κ1) is 12.3. The van der Waals surface area contributed by atoms with Gasteiger partial charge in [-0.15, -0.1) is 0 Å². The second-order valence-corrected chi connectivity index (χ2v) is 4.02. The van der Waals surface area contributed by atoms with E-state index in [1.807, 2.05) is 12.1 Å². The molecule has 0 bridgehead atoms. The Hall–Kier alpha value is -2.11. The van der Waals surface area contributed by atoms with Crippen LogP contribution in [0.25, 0.3) is 0 Å². The summed E-state index contributed by atoms with van der Waals surface area (Å²) in [6.45, 7) is 0.708. The van der Waals surface area contributed by atoms with Gasteiger partial charge in [0.15, 0.2) is 6.23 Å². The molecule has 18 heavy (non-hydrogen) atoms. The van der Waals surface area contributed by atoms with Crippen molar-refractivity contribution in [3.8, 4) is 0 Å². The van der Waals surface area contributed by atoms with Crippen molar-refractivity contribution in [1.29, 1.82) is 0 Å². The van der Waals surface area contributed by atoms with E-state index in [1.54, 1.807) is 23.6 Å². The number of piperidine rings is 1. The Morgan fingerprint density at radius 2 is 2.28 bits per heavy atom. The lowest BCUT2D eigenvalue weighted by Crippen LogP contribution is -2.38. The van der Waals surface area contributed by atoms with Gasteiger partial charge in [0.05, 0.1) is 6.21 Å². The zero-order chi connectivity index (χ0) is 12.8. The summed E-state index contributed by atoms with van der Waals surface area (Å²) >= 11 is 0. The Balaban J connectivity index is 2.01. The first-order valence-electron chi connectivity index (χ1n) is 5.86. The molecular weight excluding hydrogens is 234 g/mol. The molecule has 2 rings (SSSR count). The van der Waals surface area contributed by atoms with Gasteiger partial charge in [-0.3, -0.25) is 9.99 Å². The summed E-state index contributed by atoms with van der Waals surface area (Å²) in [6.07, 6.45) is 5.95. The van der Waals surface area contributed by atoms with Gasteiger partial charge in [-0.05, 0) is 30.5 Å². The van der Waals surface area contributed by atoms with Crippen LogP contribution in [0.4, 0.5) is 4.79 Å². The number of nitrogens with zero attached hydrogens (tertiary/aromatic N) is 3. The number of hydrazone groups is 1. The molecular formula is C12H15N3O3. The lowest BCUT2D eigenvalue weighted by molar-refractivity contribution is -0.0538. The van der Waals surface area contributed by atoms with Gasteiger partial charge >= 0.3 is 6.16 Å². The minimum Gasteiger partial charge on any atom is -0.450 e. The first-order valence-corrected chi connectivity index (χ1v) is 5.86. The third-order valence-corrected chi connectivity index (χ3v) is 2.72. The van der Waals surface area contributed by atoms with E-state index >= 15 is 0 Å². The van der Waals surface area contributed by atoms with Crippen LogP contribution in [0.1, 0.15) is 24.8 Å². The first-order chi connectivity index (χ1) is 8.75. The fourth-order valence-corrected chi connectivity index (χ4v) is 1.84. The molecule has 1 saturated heterocycles. The molecule has 0 aliphatic carbocycles. The third-order valence-electron chi connectivity index (χ3n) is 2.72. The molecule has 1 unspecified atom stereocenters. The summed E-state index contributed by atoms with van der Waals surface area (Å²) in [7, 11) is 0. The molecule has 1 aliphatic rings. The lowest BCUT2D eigenvalue weighted by atomic mass is 10.1. The van der Waals surface area contributed by atoms with Crippen LogP contribution >= 0.6 is 0 Å². The van der Waals surface area contributed by atoms with E-state index in [9.17, 15) is 4.79 Å². The van der Waals surface area contributed by atoms with Crippen LogP contribution < -0.4 is 0 Å². The lowest BCUT2D eigenvalue weighted by Gasteiger charge is -2.31. The number of carboxylic acid groups (broad SMARTS) is 1. The fourth-order valence-electron chi connectivity index (χ4n) is 1.84. The maximum atomic E-state index is 10.6. The normalized spacial score (nSPS) is 20.0. The summed E-state index contributed by atoms with van der Waals surface area (Å²) in [5.41, 5.74) is 0.921. The van der Waals surface area contributed by atoms with E-state index in [0.29, 0.717) is 13.0 Å². The summed E-state index contributed by atoms with van der Waals surface area (Å²) < 4.78 is 4.81. The smallest absolute Gasteiger partial charge is 0.450 e. The summed E-state index contributed by atoms with van der Waals surface area (Å²) in [5, 5.41) is 14.6. The van der Waals surface area contributed by atoms with Crippen LogP contribution in [-0.4, -0.2) is 40.2 Å². The van der Waals surface area contributed by atoms with Gasteiger partial charge in [-0.25, -0.2) is 4.79 Å². The van der Waals surface area contributed by atoms with Crippen LogP contribution in [0.3, 0.4) is 0 Å². The monoisotopic (exact) mass is 249 g/mol. The van der Waals surface area contributed by atoms with Gasteiger partial charge in [0.2, 0.25) is 0 Å². The predicted molar refractivity (Wildman–Crippen MR) is 65.3 cm³/mol. The molecule has 0 radical (unpaired) electrons. The largest absolute Gasteiger partial charge is 0.507 e. The molecule has 1 aromatic rings. The van der Waals surface area contributed by atoms with Crippen molar-refractivity contribution in [2.75, 3.05) is 6.54 Å². The number of hydrogen-bond donors (Lipinski definition) is 1. The Morgan fingerprint density at radius 3 is 3.00 bits per heavy atom. The average molecular weight is 249 g/mol. The van der Waals surface area contributed by atoms with Crippen molar-refractivity contribution in [3.63, 3.8) is 0 Å². The Bertz CT molecular complexity index is 422. The molecule has 1 atom stereocenters. The van der Waals surface area contributed by atoms with Crippen LogP contribution in [0.5, 0.6) is 0 Å². The Labute approximate surface area is 105 Å². The van der Waals surface area contributed by atoms with Crippen LogP contribution in [-0.2, 0) is 4.74 Å². The molecule has 96 valence electrons. The number of hydrogen-bond acceptors (Lipinski definition) is 5. The second-order valence-electron chi connectivity index (χ2n) is 4.02. The van der Waals surface area contributed by atoms with Crippen LogP contribution in [0.2, 0.25) is 0 Å². The third kappa shape index (κ3) is 3.44. The predicted octanol–water partition coefficient (Wildman–Crippen LogP) is 1.92. The van der Waals surface area contributed by atoms with Gasteiger partial charge in [-0.2, -0.15) is 5.10 Å². The van der Waals surface area contributed by atoms with E-state index < -0.39 is 12.4 Å². The second kappa shape index (κ2) is 6.00. The van der Waals surface area contributed by atoms with Crippen molar-refractivity contribution in [2.24, 2.45) is 5.10 Å². The van der Waals surface area contributed by atoms with Crippen molar-refractivity contribution >= 4 is 12.4 Å². The van der Waals surface area contributed by atoms with Gasteiger partial charge in [0.25, 0.3) is 0 Å². The maximum absolute atomic E-state index is 10.6. The van der Waals surface area contributed by atoms with Crippen molar-refractivity contribution < 1.29 is 14.6 Å². The summed E-state index contributed by atoms with van der Waals surface area (Å²) in [4.78, 5) is 14.5. The molecule has 1 fully saturated rings. The van der Waals surface area contributed by atoms with Crippen molar-refractivity contribution in [1.82, 2.24) is 9.99 Å². The minimum absolute atomic E-state index is 0.477. The molecule has 6 heteroatoms. The Kier molecular flexibility index (Phi) is 4.11. The average Bonchev–Trinajstić information content (AvgIpc) is 2.38. The maximum Gasteiger partial charge on any atom is 0.507 e. The van der Waals surface area contributed by atoms with Crippen molar-refractivity contribution in [3.05, 3.63) is 30.1 Å². The van der Waals surface area contributed by atoms with E-state index in [-0.39, 0.29) is 0 Å². The van der Waals surface area contributed by atoms with E-state index in [0.717, 1.165) is 18.4 Å². The summed E-state index contributed by atoms with van der Waals surface area (Å²) in [5.74, 6) is 0. The molecule has 1 aromatic heterocycles. The summed E-state index contributed by atoms with van der Waals surface area (Å²) in [6, 6.07) is 3.67. The minimum atomic E-state index is -1.26. The van der Waals surface area contributed by atoms with E-state index in [1.165, 1.54) is 0 Å². The topological polar surface area (TPSA) is 75.0 Å². The zero-order valence-corrected chi connectivity index (χ0v) is 9.90. The van der Waals surface area contributed by atoms with Crippen LogP contribution in [0, 0.1) is 0 Å². The highest BCUT2D eigenvalue weighted by atomic mass is 16.7. The number of aromatic nitrogens is 1. The van der Waals surface area contributed by atoms with Gasteiger partial charge in [0, 0.05) is 25.4 Å². The molecule has 2 heterocycles. The Morgan fingerprint density at radius 1 is 1.50 bits per heavy atom. The number of carbonyl (C=O) groups is 1. The standard InChI is InChI=1S/C12H15N3O3/c16-12(17)18-11-3-1-2-8-15(11)14-9-10-4-6-13-7-5-10/h4-7,9,11H,1-3,8H2,(H,16,17)/b14-9+. The molecule has 0 spiro atoms. The van der Waals surface area contributed by atoms with Gasteiger partial charge < -0.3 is 9.84 Å². The van der Waals surface area contributed by atoms with Crippen molar-refractivity contribution in [2.45, 2.75) is 25.5 Å². The highest BCUT2D eigenvalue weighted by molar-refractivity contribution is 5.78.